The SMILES string of the molecule is CCCCP(=O)(O)O.[KH]. The van der Waals surface area contributed by atoms with Crippen molar-refractivity contribution in [2.45, 2.75) is 19.8 Å². The van der Waals surface area contributed by atoms with Gasteiger partial charge in [-0.3, -0.25) is 4.57 Å². The monoisotopic (exact) mass is 178 g/mol. The molecule has 9 heavy (non-hydrogen) atoms. The van der Waals surface area contributed by atoms with Gasteiger partial charge in [0.1, 0.15) is 0 Å². The van der Waals surface area contributed by atoms with E-state index < -0.39 is 7.60 Å². The van der Waals surface area contributed by atoms with Gasteiger partial charge in [-0.2, -0.15) is 0 Å². The van der Waals surface area contributed by atoms with E-state index in [1.54, 1.807) is 0 Å². The first-order valence-corrected chi connectivity index (χ1v) is 4.40. The van der Waals surface area contributed by atoms with Gasteiger partial charge >= 0.3 is 59.0 Å². The van der Waals surface area contributed by atoms with E-state index in [0.29, 0.717) is 6.42 Å². The Balaban J connectivity index is 0. The van der Waals surface area contributed by atoms with Gasteiger partial charge in [0.25, 0.3) is 0 Å². The molecule has 0 amide bonds. The Bertz CT molecular complexity index is 100.0. The first-order valence-electron chi connectivity index (χ1n) is 2.61. The third-order valence-electron chi connectivity index (χ3n) is 0.803. The zero-order chi connectivity index (χ0) is 6.62. The van der Waals surface area contributed by atoms with Gasteiger partial charge in [0, 0.05) is 6.16 Å². The van der Waals surface area contributed by atoms with Crippen molar-refractivity contribution in [3.8, 4) is 0 Å². The van der Waals surface area contributed by atoms with Gasteiger partial charge in [-0.05, 0) is 6.42 Å². The number of hydrogen-bond donors (Lipinski definition) is 2. The summed E-state index contributed by atoms with van der Waals surface area (Å²) in [5.41, 5.74) is 0. The fourth-order valence-electron chi connectivity index (χ4n) is 0.364. The topological polar surface area (TPSA) is 57.5 Å². The molecule has 0 aliphatic rings. The molecule has 0 spiro atoms. The Morgan fingerprint density at radius 2 is 1.89 bits per heavy atom. The van der Waals surface area contributed by atoms with Crippen molar-refractivity contribution in [2.24, 2.45) is 0 Å². The van der Waals surface area contributed by atoms with Crippen molar-refractivity contribution in [3.05, 3.63) is 0 Å². The van der Waals surface area contributed by atoms with Gasteiger partial charge in [0.2, 0.25) is 0 Å². The second-order valence-corrected chi connectivity index (χ2v) is 3.52. The van der Waals surface area contributed by atoms with Crippen LogP contribution in [0.4, 0.5) is 0 Å². The molecule has 0 saturated heterocycles. The normalized spacial score (nSPS) is 10.6. The van der Waals surface area contributed by atoms with Gasteiger partial charge in [0.05, 0.1) is 0 Å². The molecule has 0 atom stereocenters. The molecule has 0 radical (unpaired) electrons. The van der Waals surface area contributed by atoms with E-state index in [9.17, 15) is 4.57 Å². The summed E-state index contributed by atoms with van der Waals surface area (Å²) in [4.78, 5) is 16.5. The first kappa shape index (κ1) is 13.4. The summed E-state index contributed by atoms with van der Waals surface area (Å²) in [5, 5.41) is 0. The average Bonchev–Trinajstić information content (AvgIpc) is 1.59. The fourth-order valence-corrected chi connectivity index (χ4v) is 1.09. The van der Waals surface area contributed by atoms with Crippen LogP contribution in [-0.4, -0.2) is 67.3 Å². The maximum atomic E-state index is 10.1. The molecule has 0 heterocycles. The molecular weight excluding hydrogens is 166 g/mol. The molecule has 0 rings (SSSR count). The van der Waals surface area contributed by atoms with E-state index in [1.807, 2.05) is 6.92 Å². The van der Waals surface area contributed by atoms with Crippen molar-refractivity contribution in [1.29, 1.82) is 0 Å². The van der Waals surface area contributed by atoms with Crippen LogP contribution in [0.5, 0.6) is 0 Å². The summed E-state index contributed by atoms with van der Waals surface area (Å²) in [7, 11) is -3.68. The average molecular weight is 178 g/mol. The first-order chi connectivity index (χ1) is 3.56. The second kappa shape index (κ2) is 6.49. The van der Waals surface area contributed by atoms with Crippen molar-refractivity contribution in [3.63, 3.8) is 0 Å². The molecule has 0 unspecified atom stereocenters. The summed E-state index contributed by atoms with van der Waals surface area (Å²) in [6, 6.07) is 0. The molecule has 0 aromatic rings. The quantitative estimate of drug-likeness (QED) is 0.483. The standard InChI is InChI=1S/C4H11O3P.K.H/c1-2-3-4-8(5,6)7;;/h2-4H2,1H3,(H2,5,6,7);;. The summed E-state index contributed by atoms with van der Waals surface area (Å²) in [5.74, 6) is 0. The zero-order valence-electron chi connectivity index (χ0n) is 4.87. The van der Waals surface area contributed by atoms with Gasteiger partial charge in [-0.1, -0.05) is 13.3 Å². The number of rotatable bonds is 3. The minimum absolute atomic E-state index is 0. The van der Waals surface area contributed by atoms with E-state index in [-0.39, 0.29) is 57.5 Å². The van der Waals surface area contributed by atoms with E-state index >= 15 is 0 Å². The molecule has 0 aromatic heterocycles. The van der Waals surface area contributed by atoms with Crippen LogP contribution < -0.4 is 0 Å². The van der Waals surface area contributed by atoms with Crippen LogP contribution in [0.3, 0.4) is 0 Å². The Labute approximate surface area is 97.8 Å². The molecule has 0 aliphatic carbocycles. The van der Waals surface area contributed by atoms with Crippen LogP contribution >= 0.6 is 7.60 Å². The maximum absolute atomic E-state index is 10.1. The van der Waals surface area contributed by atoms with Crippen LogP contribution in [0.25, 0.3) is 0 Å². The van der Waals surface area contributed by atoms with Crippen LogP contribution in [-0.2, 0) is 4.57 Å². The van der Waals surface area contributed by atoms with Gasteiger partial charge in [0.15, 0.2) is 0 Å². The summed E-state index contributed by atoms with van der Waals surface area (Å²) < 4.78 is 10.1. The van der Waals surface area contributed by atoms with Crippen molar-refractivity contribution in [2.75, 3.05) is 6.16 Å². The molecule has 0 saturated carbocycles. The molecular formula is C4H12KO3P. The predicted molar refractivity (Wildman–Crippen MR) is 39.0 cm³/mol. The molecule has 0 aliphatic heterocycles. The predicted octanol–water partition coefficient (Wildman–Crippen LogP) is 0.316. The van der Waals surface area contributed by atoms with Crippen LogP contribution in [0.2, 0.25) is 0 Å². The molecule has 2 N–H and O–H groups in total. The third kappa shape index (κ3) is 12.9. The third-order valence-corrected chi connectivity index (χ3v) is 1.70. The summed E-state index contributed by atoms with van der Waals surface area (Å²) in [6.45, 7) is 1.90. The van der Waals surface area contributed by atoms with Crippen LogP contribution in [0, 0.1) is 0 Å². The van der Waals surface area contributed by atoms with Crippen molar-refractivity contribution in [1.82, 2.24) is 0 Å². The Kier molecular flexibility index (Phi) is 9.65. The fraction of sp³-hybridized carbons (Fsp3) is 1.00. The minimum atomic E-state index is -3.68. The number of unbranched alkanes of at least 4 members (excludes halogenated alkanes) is 1. The molecule has 0 bridgehead atoms. The van der Waals surface area contributed by atoms with Crippen molar-refractivity contribution < 1.29 is 14.4 Å². The van der Waals surface area contributed by atoms with E-state index in [1.165, 1.54) is 0 Å². The molecule has 3 nitrogen and oxygen atoms in total. The Morgan fingerprint density at radius 3 is 2.00 bits per heavy atom. The molecule has 0 aromatic carbocycles. The van der Waals surface area contributed by atoms with Crippen LogP contribution in [0.15, 0.2) is 0 Å². The van der Waals surface area contributed by atoms with Gasteiger partial charge in [-0.25, -0.2) is 0 Å². The molecule has 5 heteroatoms. The van der Waals surface area contributed by atoms with Crippen LogP contribution in [0.1, 0.15) is 19.8 Å². The molecule has 0 fully saturated rings. The summed E-state index contributed by atoms with van der Waals surface area (Å²) in [6.07, 6.45) is 1.49. The van der Waals surface area contributed by atoms with Crippen molar-refractivity contribution >= 4 is 59.0 Å². The van der Waals surface area contributed by atoms with E-state index in [0.717, 1.165) is 6.42 Å². The van der Waals surface area contributed by atoms with E-state index in [4.69, 9.17) is 9.79 Å². The Hall–Kier alpha value is 1.79. The molecule has 52 valence electrons. The zero-order valence-corrected chi connectivity index (χ0v) is 5.77. The van der Waals surface area contributed by atoms with E-state index in [2.05, 4.69) is 0 Å². The van der Waals surface area contributed by atoms with Gasteiger partial charge in [-0.15, -0.1) is 0 Å². The number of hydrogen-bond acceptors (Lipinski definition) is 1. The summed E-state index contributed by atoms with van der Waals surface area (Å²) >= 11 is 0. The second-order valence-electron chi connectivity index (χ2n) is 1.74. The van der Waals surface area contributed by atoms with Gasteiger partial charge < -0.3 is 9.79 Å². The Morgan fingerprint density at radius 1 is 1.44 bits per heavy atom.